The Morgan fingerprint density at radius 3 is 1.96 bits per heavy atom. The topological polar surface area (TPSA) is 61.2 Å². The molecule has 0 spiro atoms. The van der Waals surface area contributed by atoms with Crippen LogP contribution in [0.5, 0.6) is 0 Å². The van der Waals surface area contributed by atoms with Crippen molar-refractivity contribution >= 4 is 11.8 Å². The van der Waals surface area contributed by atoms with E-state index >= 15 is 0 Å². The van der Waals surface area contributed by atoms with E-state index < -0.39 is 6.04 Å². The molecular formula is C19H12N2O2. The van der Waals surface area contributed by atoms with E-state index in [1.54, 1.807) is 55.5 Å². The molecule has 0 aliphatic carbocycles. The molecule has 1 aliphatic rings. The smallest absolute Gasteiger partial charge is 0.262 e. The number of benzene rings is 2. The van der Waals surface area contributed by atoms with Gasteiger partial charge in [0.25, 0.3) is 11.8 Å². The van der Waals surface area contributed by atoms with Gasteiger partial charge >= 0.3 is 0 Å². The molecule has 4 nitrogen and oxygen atoms in total. The van der Waals surface area contributed by atoms with E-state index in [1.165, 1.54) is 4.90 Å². The van der Waals surface area contributed by atoms with Crippen LogP contribution in [-0.2, 0) is 0 Å². The summed E-state index contributed by atoms with van der Waals surface area (Å²) < 4.78 is 0. The van der Waals surface area contributed by atoms with Crippen LogP contribution in [0.2, 0.25) is 0 Å². The van der Waals surface area contributed by atoms with Crippen LogP contribution in [0.3, 0.4) is 0 Å². The van der Waals surface area contributed by atoms with Crippen molar-refractivity contribution in [3.63, 3.8) is 0 Å². The minimum Gasteiger partial charge on any atom is -0.269 e. The third-order valence-electron chi connectivity index (χ3n) is 3.65. The number of amides is 2. The molecule has 3 rings (SSSR count). The summed E-state index contributed by atoms with van der Waals surface area (Å²) in [7, 11) is 0. The fraction of sp³-hybridized carbons (Fsp3) is 0.105. The molecule has 23 heavy (non-hydrogen) atoms. The van der Waals surface area contributed by atoms with Crippen molar-refractivity contribution < 1.29 is 9.59 Å². The van der Waals surface area contributed by atoms with Gasteiger partial charge in [0.05, 0.1) is 28.8 Å². The molecule has 2 aromatic carbocycles. The summed E-state index contributed by atoms with van der Waals surface area (Å²) in [5.74, 6) is 5.23. The number of fused-ring (bicyclic) bond motifs is 1. The molecule has 110 valence electrons. The SMILES string of the molecule is CC(C#Cc1ccc(C#N)cc1)N1C(=O)c2ccccc2C1=O. The van der Waals surface area contributed by atoms with Gasteiger partial charge in [-0.25, -0.2) is 0 Å². The maximum Gasteiger partial charge on any atom is 0.262 e. The first kappa shape index (κ1) is 14.6. The van der Waals surface area contributed by atoms with Gasteiger partial charge in [0.1, 0.15) is 0 Å². The molecule has 0 bridgehead atoms. The van der Waals surface area contributed by atoms with E-state index in [1.807, 2.05) is 6.07 Å². The molecule has 1 atom stereocenters. The van der Waals surface area contributed by atoms with Crippen LogP contribution in [0.4, 0.5) is 0 Å². The van der Waals surface area contributed by atoms with Gasteiger partial charge < -0.3 is 0 Å². The standard InChI is InChI=1S/C19H12N2O2/c1-13(6-7-14-8-10-15(12-20)11-9-14)21-18(22)16-4-2-3-5-17(16)19(21)23/h2-5,8-11,13H,1H3. The van der Waals surface area contributed by atoms with E-state index in [-0.39, 0.29) is 11.8 Å². The Balaban J connectivity index is 1.84. The second-order valence-electron chi connectivity index (χ2n) is 5.16. The molecule has 4 heteroatoms. The van der Waals surface area contributed by atoms with Crippen molar-refractivity contribution in [2.45, 2.75) is 13.0 Å². The predicted octanol–water partition coefficient (Wildman–Crippen LogP) is 2.59. The lowest BCUT2D eigenvalue weighted by atomic mass is 10.1. The molecule has 0 fully saturated rings. The van der Waals surface area contributed by atoms with E-state index in [2.05, 4.69) is 11.8 Å². The number of hydrogen-bond donors (Lipinski definition) is 0. The predicted molar refractivity (Wildman–Crippen MR) is 84.4 cm³/mol. The van der Waals surface area contributed by atoms with Crippen LogP contribution in [0.15, 0.2) is 48.5 Å². The molecule has 2 aromatic rings. The van der Waals surface area contributed by atoms with Gasteiger partial charge in [0, 0.05) is 5.56 Å². The molecule has 2 amide bonds. The molecule has 0 N–H and O–H groups in total. The van der Waals surface area contributed by atoms with Gasteiger partial charge in [0.2, 0.25) is 0 Å². The second kappa shape index (κ2) is 5.79. The lowest BCUT2D eigenvalue weighted by molar-refractivity contribution is 0.0630. The largest absolute Gasteiger partial charge is 0.269 e. The highest BCUT2D eigenvalue weighted by Crippen LogP contribution is 2.24. The molecule has 1 aliphatic heterocycles. The molecule has 0 radical (unpaired) electrons. The van der Waals surface area contributed by atoms with E-state index in [0.717, 1.165) is 5.56 Å². The molecule has 0 saturated heterocycles. The number of carbonyl (C=O) groups excluding carboxylic acids is 2. The zero-order valence-corrected chi connectivity index (χ0v) is 12.4. The number of nitrogens with zero attached hydrogens (tertiary/aromatic N) is 2. The lowest BCUT2D eigenvalue weighted by Crippen LogP contribution is -2.37. The van der Waals surface area contributed by atoms with Crippen molar-refractivity contribution in [3.05, 3.63) is 70.8 Å². The summed E-state index contributed by atoms with van der Waals surface area (Å²) in [4.78, 5) is 25.9. The van der Waals surface area contributed by atoms with Crippen LogP contribution in [0.25, 0.3) is 0 Å². The minimum absolute atomic E-state index is 0.313. The summed E-state index contributed by atoms with van der Waals surface area (Å²) in [6, 6.07) is 15.1. The Bertz CT molecular complexity index is 860. The molecule has 1 unspecified atom stereocenters. The fourth-order valence-corrected chi connectivity index (χ4v) is 2.44. The fourth-order valence-electron chi connectivity index (χ4n) is 2.44. The Hall–Kier alpha value is -3.37. The summed E-state index contributed by atoms with van der Waals surface area (Å²) >= 11 is 0. The lowest BCUT2D eigenvalue weighted by Gasteiger charge is -2.17. The van der Waals surface area contributed by atoms with Gasteiger partial charge in [-0.2, -0.15) is 5.26 Å². The molecule has 1 heterocycles. The van der Waals surface area contributed by atoms with Gasteiger partial charge in [-0.1, -0.05) is 24.0 Å². The van der Waals surface area contributed by atoms with E-state index in [4.69, 9.17) is 5.26 Å². The Labute approximate surface area is 134 Å². The van der Waals surface area contributed by atoms with Crippen LogP contribution in [-0.4, -0.2) is 22.8 Å². The summed E-state index contributed by atoms with van der Waals surface area (Å²) in [5.41, 5.74) is 2.13. The zero-order valence-electron chi connectivity index (χ0n) is 12.4. The summed E-state index contributed by atoms with van der Waals surface area (Å²) in [6.07, 6.45) is 0. The van der Waals surface area contributed by atoms with Crippen molar-refractivity contribution in [2.24, 2.45) is 0 Å². The minimum atomic E-state index is -0.530. The normalized spacial score (nSPS) is 13.8. The number of carbonyl (C=O) groups is 2. The number of imide groups is 1. The average Bonchev–Trinajstić information content (AvgIpc) is 2.85. The first-order chi connectivity index (χ1) is 11.1. The average molecular weight is 300 g/mol. The Morgan fingerprint density at radius 2 is 1.43 bits per heavy atom. The Kier molecular flexibility index (Phi) is 3.66. The molecular weight excluding hydrogens is 288 g/mol. The zero-order chi connectivity index (χ0) is 16.4. The summed E-state index contributed by atoms with van der Waals surface area (Å²) in [5, 5.41) is 8.77. The first-order valence-corrected chi connectivity index (χ1v) is 7.10. The van der Waals surface area contributed by atoms with Gasteiger partial charge in [0.15, 0.2) is 0 Å². The second-order valence-corrected chi connectivity index (χ2v) is 5.16. The number of nitriles is 1. The first-order valence-electron chi connectivity index (χ1n) is 7.10. The highest BCUT2D eigenvalue weighted by Gasteiger charge is 2.37. The highest BCUT2D eigenvalue weighted by atomic mass is 16.2. The van der Waals surface area contributed by atoms with Crippen LogP contribution in [0.1, 0.15) is 38.8 Å². The number of rotatable bonds is 1. The van der Waals surface area contributed by atoms with Crippen molar-refractivity contribution in [1.82, 2.24) is 4.90 Å². The third kappa shape index (κ3) is 2.59. The molecule has 0 saturated carbocycles. The van der Waals surface area contributed by atoms with Gasteiger partial charge in [-0.3, -0.25) is 14.5 Å². The quantitative estimate of drug-likeness (QED) is 0.601. The highest BCUT2D eigenvalue weighted by molar-refractivity contribution is 6.21. The van der Waals surface area contributed by atoms with Crippen molar-refractivity contribution in [2.75, 3.05) is 0 Å². The third-order valence-corrected chi connectivity index (χ3v) is 3.65. The van der Waals surface area contributed by atoms with Crippen LogP contribution >= 0.6 is 0 Å². The molecule has 0 aromatic heterocycles. The van der Waals surface area contributed by atoms with E-state index in [9.17, 15) is 9.59 Å². The monoisotopic (exact) mass is 300 g/mol. The van der Waals surface area contributed by atoms with Crippen LogP contribution in [0, 0.1) is 23.2 Å². The van der Waals surface area contributed by atoms with Gasteiger partial charge in [-0.05, 0) is 43.3 Å². The van der Waals surface area contributed by atoms with Crippen molar-refractivity contribution in [1.29, 1.82) is 5.26 Å². The maximum atomic E-state index is 12.3. The van der Waals surface area contributed by atoms with Gasteiger partial charge in [-0.15, -0.1) is 0 Å². The summed E-state index contributed by atoms with van der Waals surface area (Å²) in [6.45, 7) is 1.72. The van der Waals surface area contributed by atoms with Crippen LogP contribution < -0.4 is 0 Å². The van der Waals surface area contributed by atoms with Crippen molar-refractivity contribution in [3.8, 4) is 17.9 Å². The van der Waals surface area contributed by atoms with E-state index in [0.29, 0.717) is 16.7 Å². The Morgan fingerprint density at radius 1 is 0.913 bits per heavy atom. The number of hydrogen-bond acceptors (Lipinski definition) is 3. The maximum absolute atomic E-state index is 12.3.